The molecule has 0 radical (unpaired) electrons. The van der Waals surface area contributed by atoms with Gasteiger partial charge in [0.1, 0.15) is 0 Å². The molecule has 29 heavy (non-hydrogen) atoms. The van der Waals surface area contributed by atoms with Crippen molar-refractivity contribution in [3.8, 4) is 0 Å². The van der Waals surface area contributed by atoms with Gasteiger partial charge in [-0.1, -0.05) is 17.8 Å². The van der Waals surface area contributed by atoms with Gasteiger partial charge in [0.05, 0.1) is 0 Å². The number of anilines is 2. The molecule has 0 saturated carbocycles. The Morgan fingerprint density at radius 3 is 2.45 bits per heavy atom. The summed E-state index contributed by atoms with van der Waals surface area (Å²) in [7, 11) is 0. The Morgan fingerprint density at radius 1 is 0.966 bits per heavy atom. The molecule has 3 fully saturated rings. The number of amides is 2. The molecule has 1 N–H and O–H groups in total. The zero-order chi connectivity index (χ0) is 20.1. The molecule has 0 atom stereocenters. The normalized spacial score (nSPS) is 22.1. The Kier molecular flexibility index (Phi) is 6.97. The molecule has 3 aliphatic heterocycles. The maximum Gasteiger partial charge on any atom is 0.228 e. The molecule has 3 saturated heterocycles. The Labute approximate surface area is 176 Å². The van der Waals surface area contributed by atoms with Crippen molar-refractivity contribution in [3.05, 3.63) is 0 Å². The minimum absolute atomic E-state index is 0.0867. The number of hydrogen-bond acceptors (Lipinski definition) is 7. The summed E-state index contributed by atoms with van der Waals surface area (Å²) in [6, 6.07) is 0. The maximum atomic E-state index is 12.5. The predicted octanol–water partition coefficient (Wildman–Crippen LogP) is 1.87. The van der Waals surface area contributed by atoms with Gasteiger partial charge in [-0.05, 0) is 51.6 Å². The summed E-state index contributed by atoms with van der Waals surface area (Å²) in [5.41, 5.74) is 0. The molecule has 8 nitrogen and oxygen atoms in total. The summed E-state index contributed by atoms with van der Waals surface area (Å²) in [6.07, 6.45) is 8.18. The van der Waals surface area contributed by atoms with Gasteiger partial charge in [0.2, 0.25) is 22.1 Å². The highest BCUT2D eigenvalue weighted by Crippen LogP contribution is 2.31. The Morgan fingerprint density at radius 2 is 1.69 bits per heavy atom. The summed E-state index contributed by atoms with van der Waals surface area (Å²) in [4.78, 5) is 31.0. The topological polar surface area (TPSA) is 81.7 Å². The highest BCUT2D eigenvalue weighted by molar-refractivity contribution is 7.19. The van der Waals surface area contributed by atoms with Crippen LogP contribution in [-0.4, -0.2) is 72.7 Å². The first-order chi connectivity index (χ1) is 14.2. The van der Waals surface area contributed by atoms with Crippen LogP contribution >= 0.6 is 11.3 Å². The number of aromatic nitrogens is 2. The molecule has 0 aromatic carbocycles. The fraction of sp³-hybridized carbons (Fsp3) is 0.800. The van der Waals surface area contributed by atoms with Gasteiger partial charge in [0, 0.05) is 45.1 Å². The van der Waals surface area contributed by atoms with Crippen LogP contribution < -0.4 is 15.1 Å². The van der Waals surface area contributed by atoms with Gasteiger partial charge >= 0.3 is 0 Å². The second kappa shape index (κ2) is 9.84. The van der Waals surface area contributed by atoms with Crippen LogP contribution in [0.3, 0.4) is 0 Å². The van der Waals surface area contributed by atoms with Gasteiger partial charge < -0.3 is 15.1 Å². The number of carbonyl (C=O) groups is 2. The van der Waals surface area contributed by atoms with Crippen LogP contribution in [0.15, 0.2) is 0 Å². The summed E-state index contributed by atoms with van der Waals surface area (Å²) in [5.74, 6) is 0.432. The number of carbonyl (C=O) groups excluding carboxylic acids is 2. The van der Waals surface area contributed by atoms with Gasteiger partial charge in [-0.3, -0.25) is 14.5 Å². The summed E-state index contributed by atoms with van der Waals surface area (Å²) in [5, 5.41) is 13.3. The van der Waals surface area contributed by atoms with E-state index in [1.165, 1.54) is 43.7 Å². The number of rotatable bonds is 6. The molecule has 4 rings (SSSR count). The van der Waals surface area contributed by atoms with Crippen molar-refractivity contribution in [2.24, 2.45) is 5.92 Å². The van der Waals surface area contributed by atoms with Gasteiger partial charge in [0.25, 0.3) is 0 Å². The van der Waals surface area contributed by atoms with E-state index in [4.69, 9.17) is 0 Å². The van der Waals surface area contributed by atoms with E-state index < -0.39 is 0 Å². The molecule has 4 heterocycles. The number of likely N-dealkylation sites (tertiary alicyclic amines) is 1. The van der Waals surface area contributed by atoms with Crippen molar-refractivity contribution in [3.63, 3.8) is 0 Å². The van der Waals surface area contributed by atoms with E-state index in [2.05, 4.69) is 25.3 Å². The molecule has 9 heteroatoms. The highest BCUT2D eigenvalue weighted by atomic mass is 32.1. The SMILES string of the molecule is O=C(NCCN1CCCCC1)C1CCN(c2nnc(N3CCCCC3=O)s2)CC1. The fourth-order valence-electron chi connectivity index (χ4n) is 4.45. The molecule has 0 spiro atoms. The lowest BCUT2D eigenvalue weighted by molar-refractivity contribution is -0.125. The van der Waals surface area contributed by atoms with E-state index in [1.54, 1.807) is 4.90 Å². The minimum atomic E-state index is 0.0867. The lowest BCUT2D eigenvalue weighted by Gasteiger charge is -2.31. The predicted molar refractivity (Wildman–Crippen MR) is 114 cm³/mol. The average molecular weight is 421 g/mol. The number of hydrogen-bond donors (Lipinski definition) is 1. The van der Waals surface area contributed by atoms with Crippen LogP contribution in [0.4, 0.5) is 10.3 Å². The molecule has 1 aromatic heterocycles. The van der Waals surface area contributed by atoms with Crippen molar-refractivity contribution in [2.75, 3.05) is 55.6 Å². The molecule has 2 amide bonds. The zero-order valence-electron chi connectivity index (χ0n) is 17.1. The average Bonchev–Trinajstić information content (AvgIpc) is 3.25. The summed E-state index contributed by atoms with van der Waals surface area (Å²) >= 11 is 1.49. The van der Waals surface area contributed by atoms with E-state index in [0.717, 1.165) is 63.5 Å². The second-order valence-electron chi connectivity index (χ2n) is 8.32. The molecule has 0 bridgehead atoms. The van der Waals surface area contributed by atoms with Gasteiger partial charge in [-0.15, -0.1) is 10.2 Å². The van der Waals surface area contributed by atoms with Crippen LogP contribution in [0, 0.1) is 5.92 Å². The summed E-state index contributed by atoms with van der Waals surface area (Å²) in [6.45, 7) is 6.42. The quantitative estimate of drug-likeness (QED) is 0.757. The smallest absolute Gasteiger partial charge is 0.228 e. The molecule has 1 aromatic rings. The van der Waals surface area contributed by atoms with Crippen LogP contribution in [-0.2, 0) is 9.59 Å². The Hall–Kier alpha value is -1.74. The highest BCUT2D eigenvalue weighted by Gasteiger charge is 2.28. The van der Waals surface area contributed by atoms with Crippen molar-refractivity contribution >= 4 is 33.4 Å². The van der Waals surface area contributed by atoms with Crippen LogP contribution in [0.5, 0.6) is 0 Å². The minimum Gasteiger partial charge on any atom is -0.355 e. The third kappa shape index (κ3) is 5.25. The van der Waals surface area contributed by atoms with Crippen molar-refractivity contribution in [1.82, 2.24) is 20.4 Å². The first kappa shape index (κ1) is 20.5. The van der Waals surface area contributed by atoms with Crippen LogP contribution in [0.25, 0.3) is 0 Å². The molecular formula is C20H32N6O2S. The molecular weight excluding hydrogens is 388 g/mol. The van der Waals surface area contributed by atoms with Gasteiger partial charge in [-0.25, -0.2) is 0 Å². The third-order valence-corrected chi connectivity index (χ3v) is 7.28. The second-order valence-corrected chi connectivity index (χ2v) is 9.26. The summed E-state index contributed by atoms with van der Waals surface area (Å²) < 4.78 is 0. The third-order valence-electron chi connectivity index (χ3n) is 6.27. The fourth-order valence-corrected chi connectivity index (χ4v) is 5.39. The van der Waals surface area contributed by atoms with Gasteiger partial charge in [-0.2, -0.15) is 0 Å². The largest absolute Gasteiger partial charge is 0.355 e. The number of nitrogens with one attached hydrogen (secondary N) is 1. The Balaban J connectivity index is 1.21. The van der Waals surface area contributed by atoms with Crippen LogP contribution in [0.1, 0.15) is 51.4 Å². The first-order valence-corrected chi connectivity index (χ1v) is 11.9. The Bertz CT molecular complexity index is 697. The van der Waals surface area contributed by atoms with Crippen LogP contribution in [0.2, 0.25) is 0 Å². The van der Waals surface area contributed by atoms with E-state index in [1.807, 2.05) is 0 Å². The molecule has 3 aliphatic rings. The van der Waals surface area contributed by atoms with E-state index in [0.29, 0.717) is 11.6 Å². The number of piperidine rings is 3. The van der Waals surface area contributed by atoms with E-state index >= 15 is 0 Å². The lowest BCUT2D eigenvalue weighted by atomic mass is 9.96. The van der Waals surface area contributed by atoms with Gasteiger partial charge in [0.15, 0.2) is 0 Å². The first-order valence-electron chi connectivity index (χ1n) is 11.1. The number of nitrogens with zero attached hydrogens (tertiary/aromatic N) is 5. The molecule has 0 aliphatic carbocycles. The maximum absolute atomic E-state index is 12.5. The monoisotopic (exact) mass is 420 g/mol. The van der Waals surface area contributed by atoms with E-state index in [9.17, 15) is 9.59 Å². The van der Waals surface area contributed by atoms with E-state index in [-0.39, 0.29) is 17.7 Å². The lowest BCUT2D eigenvalue weighted by Crippen LogP contribution is -2.43. The molecule has 0 unspecified atom stereocenters. The molecule has 160 valence electrons. The standard InChI is InChI=1S/C20H32N6O2S/c27-17-6-2-5-12-26(17)20-23-22-19(29-20)25-13-7-16(8-14-25)18(28)21-9-15-24-10-3-1-4-11-24/h16H,1-15H2,(H,21,28). The van der Waals surface area contributed by atoms with Crippen molar-refractivity contribution in [1.29, 1.82) is 0 Å². The van der Waals surface area contributed by atoms with Crippen molar-refractivity contribution < 1.29 is 9.59 Å². The van der Waals surface area contributed by atoms with Crippen molar-refractivity contribution in [2.45, 2.75) is 51.4 Å². The zero-order valence-corrected chi connectivity index (χ0v) is 18.0.